The van der Waals surface area contributed by atoms with Crippen molar-refractivity contribution < 1.29 is 23.1 Å². The highest BCUT2D eigenvalue weighted by Crippen LogP contribution is 2.38. The summed E-state index contributed by atoms with van der Waals surface area (Å²) in [6.07, 6.45) is -0.309. The third kappa shape index (κ3) is 2.39. The second-order valence-corrected chi connectivity index (χ2v) is 4.99. The summed E-state index contributed by atoms with van der Waals surface area (Å²) in [4.78, 5) is 13.4. The lowest BCUT2D eigenvalue weighted by atomic mass is 9.90. The fourth-order valence-electron chi connectivity index (χ4n) is 2.46. The molecular weight excluding hydrogens is 247 g/mol. The Morgan fingerprint density at radius 1 is 1.22 bits per heavy atom. The van der Waals surface area contributed by atoms with Gasteiger partial charge in [-0.15, -0.1) is 0 Å². The molecule has 0 spiro atoms. The quantitative estimate of drug-likeness (QED) is 0.734. The Balaban J connectivity index is 1.92. The van der Waals surface area contributed by atoms with Crippen LogP contribution >= 0.6 is 0 Å². The molecule has 0 unspecified atom stereocenters. The molecule has 0 atom stereocenters. The number of likely N-dealkylation sites (tertiary alicyclic amines) is 1. The zero-order chi connectivity index (χ0) is 13.4. The number of carbonyl (C=O) groups excluding carboxylic acids is 1. The zero-order valence-electron chi connectivity index (χ0n) is 9.91. The van der Waals surface area contributed by atoms with Crippen LogP contribution in [0.5, 0.6) is 0 Å². The molecule has 18 heavy (non-hydrogen) atoms. The van der Waals surface area contributed by atoms with Crippen LogP contribution in [0, 0.1) is 5.92 Å². The van der Waals surface area contributed by atoms with Gasteiger partial charge in [0.05, 0.1) is 0 Å². The molecule has 102 valence electrons. The predicted molar refractivity (Wildman–Crippen MR) is 58.7 cm³/mol. The van der Waals surface area contributed by atoms with E-state index in [1.165, 1.54) is 4.90 Å². The van der Waals surface area contributed by atoms with Crippen molar-refractivity contribution in [1.82, 2.24) is 4.90 Å². The van der Waals surface area contributed by atoms with Crippen LogP contribution in [0.15, 0.2) is 12.2 Å². The van der Waals surface area contributed by atoms with Gasteiger partial charge in [-0.1, -0.05) is 12.2 Å². The zero-order valence-corrected chi connectivity index (χ0v) is 9.91. The minimum Gasteiger partial charge on any atom is -0.380 e. The van der Waals surface area contributed by atoms with E-state index in [9.17, 15) is 23.1 Å². The number of nitrogens with zero attached hydrogens (tertiary/aromatic N) is 1. The van der Waals surface area contributed by atoms with Gasteiger partial charge in [-0.25, -0.2) is 0 Å². The maximum absolute atomic E-state index is 12.6. The van der Waals surface area contributed by atoms with Gasteiger partial charge in [-0.2, -0.15) is 13.2 Å². The molecule has 1 amide bonds. The Morgan fingerprint density at radius 3 is 2.17 bits per heavy atom. The highest BCUT2D eigenvalue weighted by atomic mass is 19.4. The Morgan fingerprint density at radius 2 is 1.72 bits per heavy atom. The van der Waals surface area contributed by atoms with Crippen LogP contribution in [0.25, 0.3) is 0 Å². The van der Waals surface area contributed by atoms with Gasteiger partial charge in [-0.3, -0.25) is 4.79 Å². The third-order valence-corrected chi connectivity index (χ3v) is 3.79. The Kier molecular flexibility index (Phi) is 3.40. The summed E-state index contributed by atoms with van der Waals surface area (Å²) in [5.74, 6) is -0.216. The number of allylic oxidation sites excluding steroid dienone is 2. The van der Waals surface area contributed by atoms with Gasteiger partial charge in [0.25, 0.3) is 0 Å². The monoisotopic (exact) mass is 263 g/mol. The molecule has 0 radical (unpaired) electrons. The maximum atomic E-state index is 12.6. The van der Waals surface area contributed by atoms with Gasteiger partial charge >= 0.3 is 6.18 Å². The largest absolute Gasteiger partial charge is 0.417 e. The highest BCUT2D eigenvalue weighted by molar-refractivity contribution is 5.79. The van der Waals surface area contributed by atoms with Gasteiger partial charge in [0.1, 0.15) is 0 Å². The summed E-state index contributed by atoms with van der Waals surface area (Å²) >= 11 is 0. The lowest BCUT2D eigenvalue weighted by molar-refractivity contribution is -0.272. The molecule has 1 aliphatic heterocycles. The predicted octanol–water partition coefficient (Wildman–Crippen LogP) is 1.87. The normalized spacial score (nSPS) is 24.6. The standard InChI is InChI=1S/C12H16F3NO2/c13-12(14,15)11(18)5-7-16(8-6-11)10(17)9-3-1-2-4-9/h1-2,9,18H,3-8H2. The van der Waals surface area contributed by atoms with E-state index in [-0.39, 0.29) is 24.9 Å². The van der Waals surface area contributed by atoms with Gasteiger partial charge < -0.3 is 10.0 Å². The minimum atomic E-state index is -4.61. The van der Waals surface area contributed by atoms with E-state index in [1.807, 2.05) is 12.2 Å². The summed E-state index contributed by atoms with van der Waals surface area (Å²) in [6.45, 7) is -0.0450. The SMILES string of the molecule is O=C(C1CC=CC1)N1CCC(O)(C(F)(F)F)CC1. The number of amides is 1. The molecule has 0 bridgehead atoms. The summed E-state index contributed by atoms with van der Waals surface area (Å²) < 4.78 is 37.8. The van der Waals surface area contributed by atoms with Crippen LogP contribution in [0.1, 0.15) is 25.7 Å². The van der Waals surface area contributed by atoms with E-state index in [4.69, 9.17) is 0 Å². The van der Waals surface area contributed by atoms with Crippen molar-refractivity contribution in [3.05, 3.63) is 12.2 Å². The molecule has 0 saturated carbocycles. The molecule has 2 rings (SSSR count). The number of piperidine rings is 1. The van der Waals surface area contributed by atoms with Crippen molar-refractivity contribution in [2.75, 3.05) is 13.1 Å². The van der Waals surface area contributed by atoms with Crippen LogP contribution in [-0.4, -0.2) is 40.8 Å². The number of aliphatic hydroxyl groups is 1. The van der Waals surface area contributed by atoms with Crippen LogP contribution in [0.3, 0.4) is 0 Å². The van der Waals surface area contributed by atoms with E-state index >= 15 is 0 Å². The van der Waals surface area contributed by atoms with Gasteiger partial charge in [-0.05, 0) is 12.8 Å². The molecule has 1 heterocycles. The molecule has 2 aliphatic rings. The molecule has 6 heteroatoms. The third-order valence-electron chi connectivity index (χ3n) is 3.79. The van der Waals surface area contributed by atoms with Crippen LogP contribution in [0.2, 0.25) is 0 Å². The van der Waals surface area contributed by atoms with E-state index in [0.717, 1.165) is 0 Å². The molecular formula is C12H16F3NO2. The number of halogens is 3. The minimum absolute atomic E-state index is 0.0225. The number of hydrogen-bond acceptors (Lipinski definition) is 2. The fourth-order valence-corrected chi connectivity index (χ4v) is 2.46. The van der Waals surface area contributed by atoms with Crippen LogP contribution in [-0.2, 0) is 4.79 Å². The van der Waals surface area contributed by atoms with Crippen molar-refractivity contribution in [3.8, 4) is 0 Å². The van der Waals surface area contributed by atoms with Gasteiger partial charge in [0, 0.05) is 31.8 Å². The van der Waals surface area contributed by atoms with Crippen molar-refractivity contribution >= 4 is 5.91 Å². The average Bonchev–Trinajstić information content (AvgIpc) is 2.81. The first-order valence-electron chi connectivity index (χ1n) is 6.06. The van der Waals surface area contributed by atoms with E-state index < -0.39 is 24.6 Å². The van der Waals surface area contributed by atoms with Gasteiger partial charge in [0.15, 0.2) is 5.60 Å². The summed E-state index contributed by atoms with van der Waals surface area (Å²) in [6, 6.07) is 0. The lowest BCUT2D eigenvalue weighted by Crippen LogP contribution is -2.55. The Labute approximate surface area is 103 Å². The van der Waals surface area contributed by atoms with Crippen molar-refractivity contribution in [2.24, 2.45) is 5.92 Å². The molecule has 1 aliphatic carbocycles. The first-order chi connectivity index (χ1) is 8.33. The van der Waals surface area contributed by atoms with Crippen LogP contribution < -0.4 is 0 Å². The number of carbonyl (C=O) groups is 1. The fraction of sp³-hybridized carbons (Fsp3) is 0.750. The summed E-state index contributed by atoms with van der Waals surface area (Å²) in [5.41, 5.74) is -2.63. The smallest absolute Gasteiger partial charge is 0.380 e. The second kappa shape index (κ2) is 4.57. The molecule has 0 aromatic heterocycles. The second-order valence-electron chi connectivity index (χ2n) is 4.99. The summed E-state index contributed by atoms with van der Waals surface area (Å²) in [7, 11) is 0. The van der Waals surface area contributed by atoms with Crippen molar-refractivity contribution in [3.63, 3.8) is 0 Å². The molecule has 1 N–H and O–H groups in total. The lowest BCUT2D eigenvalue weighted by Gasteiger charge is -2.39. The maximum Gasteiger partial charge on any atom is 0.417 e. The topological polar surface area (TPSA) is 40.5 Å². The highest BCUT2D eigenvalue weighted by Gasteiger charge is 2.55. The molecule has 0 aromatic rings. The molecule has 3 nitrogen and oxygen atoms in total. The number of hydrogen-bond donors (Lipinski definition) is 1. The number of alkyl halides is 3. The first-order valence-corrected chi connectivity index (χ1v) is 6.06. The van der Waals surface area contributed by atoms with Gasteiger partial charge in [0.2, 0.25) is 5.91 Å². The van der Waals surface area contributed by atoms with Crippen LogP contribution in [0.4, 0.5) is 13.2 Å². The molecule has 0 aromatic carbocycles. The molecule has 1 fully saturated rings. The van der Waals surface area contributed by atoms with Crippen molar-refractivity contribution in [2.45, 2.75) is 37.5 Å². The Hall–Kier alpha value is -1.04. The van der Waals surface area contributed by atoms with E-state index in [2.05, 4.69) is 0 Å². The van der Waals surface area contributed by atoms with E-state index in [0.29, 0.717) is 12.8 Å². The van der Waals surface area contributed by atoms with E-state index in [1.54, 1.807) is 0 Å². The Bertz CT molecular complexity index is 349. The molecule has 1 saturated heterocycles. The number of rotatable bonds is 1. The first kappa shape index (κ1) is 13.4. The average molecular weight is 263 g/mol. The summed E-state index contributed by atoms with van der Waals surface area (Å²) in [5, 5.41) is 9.50. The van der Waals surface area contributed by atoms with Crippen molar-refractivity contribution in [1.29, 1.82) is 0 Å².